The zero-order valence-electron chi connectivity index (χ0n) is 17.4. The van der Waals surface area contributed by atoms with Crippen molar-refractivity contribution in [2.75, 3.05) is 18.7 Å². The van der Waals surface area contributed by atoms with Crippen LogP contribution < -0.4 is 20.1 Å². The van der Waals surface area contributed by atoms with Gasteiger partial charge in [0.2, 0.25) is 12.7 Å². The highest BCUT2D eigenvalue weighted by Crippen LogP contribution is 2.34. The maximum absolute atomic E-state index is 13.0. The van der Waals surface area contributed by atoms with Crippen molar-refractivity contribution in [2.24, 2.45) is 0 Å². The van der Waals surface area contributed by atoms with E-state index in [4.69, 9.17) is 9.47 Å². The third kappa shape index (κ3) is 3.60. The molecule has 1 atom stereocenters. The van der Waals surface area contributed by atoms with Crippen molar-refractivity contribution >= 4 is 34.3 Å². The number of fused-ring (bicyclic) bond motifs is 2. The summed E-state index contributed by atoms with van der Waals surface area (Å²) >= 11 is 0. The third-order valence-corrected chi connectivity index (χ3v) is 5.67. The first kappa shape index (κ1) is 19.9. The molecule has 2 aliphatic rings. The number of hydrogen-bond donors (Lipinski definition) is 2. The Balaban J connectivity index is 1.27. The second-order valence-corrected chi connectivity index (χ2v) is 8.13. The fourth-order valence-electron chi connectivity index (χ4n) is 4.08. The maximum atomic E-state index is 13.0. The second kappa shape index (κ2) is 7.56. The summed E-state index contributed by atoms with van der Waals surface area (Å²) in [6.45, 7) is 1.44. The van der Waals surface area contributed by atoms with Crippen LogP contribution in [-0.2, 0) is 16.0 Å². The van der Waals surface area contributed by atoms with Crippen molar-refractivity contribution in [1.82, 2.24) is 10.2 Å². The first-order valence-corrected chi connectivity index (χ1v) is 10.2. The molecule has 5 rings (SSSR count). The maximum Gasteiger partial charge on any atom is 0.325 e. The number of hydrogen-bond acceptors (Lipinski definition) is 5. The number of carbonyl (C=O) groups excluding carboxylic acids is 3. The van der Waals surface area contributed by atoms with E-state index in [2.05, 4.69) is 10.6 Å². The van der Waals surface area contributed by atoms with Crippen LogP contribution in [-0.4, -0.2) is 41.6 Å². The van der Waals surface area contributed by atoms with Gasteiger partial charge in [0, 0.05) is 12.1 Å². The topological polar surface area (TPSA) is 97.0 Å². The molecule has 0 spiro atoms. The molecule has 3 aromatic rings. The van der Waals surface area contributed by atoms with Gasteiger partial charge in [0.05, 0.1) is 0 Å². The average Bonchev–Trinajstić information content (AvgIpc) is 3.31. The standard InChI is InChI=1S/C24H21N3O5/c1-24(12-15-6-9-19-20(10-15)32-14-31-19)22(29)27(23(30)26-24)13-21(28)25-18-8-7-16-4-2-3-5-17(16)11-18/h2-11H,12-14H2,1H3,(H,25,28)(H,26,30). The molecule has 2 N–H and O–H groups in total. The molecule has 2 heterocycles. The number of amides is 4. The molecular weight excluding hydrogens is 410 g/mol. The molecule has 2 aliphatic heterocycles. The van der Waals surface area contributed by atoms with Gasteiger partial charge in [0.1, 0.15) is 12.1 Å². The number of nitrogens with one attached hydrogen (secondary N) is 2. The Kier molecular flexibility index (Phi) is 4.70. The summed E-state index contributed by atoms with van der Waals surface area (Å²) < 4.78 is 10.7. The number of benzene rings is 3. The number of urea groups is 1. The highest BCUT2D eigenvalue weighted by atomic mass is 16.7. The largest absolute Gasteiger partial charge is 0.454 e. The Morgan fingerprint density at radius 2 is 1.81 bits per heavy atom. The summed E-state index contributed by atoms with van der Waals surface area (Å²) in [6, 6.07) is 18.1. The molecule has 0 radical (unpaired) electrons. The van der Waals surface area contributed by atoms with E-state index in [1.54, 1.807) is 25.1 Å². The molecule has 4 amide bonds. The minimum Gasteiger partial charge on any atom is -0.454 e. The molecule has 0 bridgehead atoms. The van der Waals surface area contributed by atoms with Crippen LogP contribution in [0.1, 0.15) is 12.5 Å². The molecule has 0 aliphatic carbocycles. The van der Waals surface area contributed by atoms with Crippen molar-refractivity contribution in [2.45, 2.75) is 18.9 Å². The van der Waals surface area contributed by atoms with Gasteiger partial charge in [-0.2, -0.15) is 0 Å². The predicted octanol–water partition coefficient (Wildman–Crippen LogP) is 3.06. The first-order valence-electron chi connectivity index (χ1n) is 10.2. The summed E-state index contributed by atoms with van der Waals surface area (Å²) in [4.78, 5) is 39.1. The lowest BCUT2D eigenvalue weighted by molar-refractivity contribution is -0.133. The van der Waals surface area contributed by atoms with E-state index in [1.807, 2.05) is 42.5 Å². The van der Waals surface area contributed by atoms with Crippen LogP contribution in [0.2, 0.25) is 0 Å². The van der Waals surface area contributed by atoms with Gasteiger partial charge in [-0.3, -0.25) is 14.5 Å². The highest BCUT2D eigenvalue weighted by molar-refractivity contribution is 6.10. The number of rotatable bonds is 5. The van der Waals surface area contributed by atoms with E-state index in [9.17, 15) is 14.4 Å². The average molecular weight is 431 g/mol. The Labute approximate surface area is 184 Å². The van der Waals surface area contributed by atoms with E-state index in [0.29, 0.717) is 17.2 Å². The summed E-state index contributed by atoms with van der Waals surface area (Å²) in [5, 5.41) is 7.53. The van der Waals surface area contributed by atoms with Crippen LogP contribution >= 0.6 is 0 Å². The second-order valence-electron chi connectivity index (χ2n) is 8.13. The van der Waals surface area contributed by atoms with Gasteiger partial charge in [-0.15, -0.1) is 0 Å². The summed E-state index contributed by atoms with van der Waals surface area (Å²) in [5.74, 6) is 0.354. The molecule has 1 saturated heterocycles. The smallest absolute Gasteiger partial charge is 0.325 e. The van der Waals surface area contributed by atoms with E-state index in [1.165, 1.54) is 0 Å². The Morgan fingerprint density at radius 3 is 2.66 bits per heavy atom. The van der Waals surface area contributed by atoms with Crippen LogP contribution in [0.15, 0.2) is 60.7 Å². The SMILES string of the molecule is CC1(Cc2ccc3c(c2)OCO3)NC(=O)N(CC(=O)Nc2ccc3ccccc3c2)C1=O. The number of anilines is 1. The van der Waals surface area contributed by atoms with Gasteiger partial charge >= 0.3 is 6.03 Å². The highest BCUT2D eigenvalue weighted by Gasteiger charge is 2.48. The van der Waals surface area contributed by atoms with E-state index in [0.717, 1.165) is 21.2 Å². The van der Waals surface area contributed by atoms with Gasteiger partial charge < -0.3 is 20.1 Å². The van der Waals surface area contributed by atoms with Crippen LogP contribution in [0, 0.1) is 0 Å². The quantitative estimate of drug-likeness (QED) is 0.606. The fourth-order valence-corrected chi connectivity index (χ4v) is 4.08. The molecule has 3 aromatic carbocycles. The van der Waals surface area contributed by atoms with E-state index >= 15 is 0 Å². The fraction of sp³-hybridized carbons (Fsp3) is 0.208. The number of imide groups is 1. The third-order valence-electron chi connectivity index (χ3n) is 5.67. The van der Waals surface area contributed by atoms with E-state index in [-0.39, 0.29) is 19.8 Å². The van der Waals surface area contributed by atoms with Gasteiger partial charge in [-0.1, -0.05) is 36.4 Å². The zero-order chi connectivity index (χ0) is 22.3. The van der Waals surface area contributed by atoms with Crippen LogP contribution in [0.25, 0.3) is 10.8 Å². The molecule has 1 fully saturated rings. The Bertz CT molecular complexity index is 1260. The molecule has 8 heteroatoms. The lowest BCUT2D eigenvalue weighted by Crippen LogP contribution is -2.46. The van der Waals surface area contributed by atoms with Crippen molar-refractivity contribution in [3.05, 3.63) is 66.2 Å². The van der Waals surface area contributed by atoms with Crippen molar-refractivity contribution in [3.8, 4) is 11.5 Å². The van der Waals surface area contributed by atoms with Crippen LogP contribution in [0.5, 0.6) is 11.5 Å². The molecule has 162 valence electrons. The summed E-state index contributed by atoms with van der Waals surface area (Å²) in [7, 11) is 0. The minimum absolute atomic E-state index is 0.159. The summed E-state index contributed by atoms with van der Waals surface area (Å²) in [5.41, 5.74) is 0.255. The Morgan fingerprint density at radius 1 is 1.03 bits per heavy atom. The minimum atomic E-state index is -1.16. The van der Waals surface area contributed by atoms with Crippen molar-refractivity contribution in [3.63, 3.8) is 0 Å². The molecule has 32 heavy (non-hydrogen) atoms. The van der Waals surface area contributed by atoms with Gasteiger partial charge in [0.15, 0.2) is 11.5 Å². The predicted molar refractivity (Wildman–Crippen MR) is 117 cm³/mol. The zero-order valence-corrected chi connectivity index (χ0v) is 17.4. The number of carbonyl (C=O) groups is 3. The van der Waals surface area contributed by atoms with Gasteiger partial charge in [-0.05, 0) is 47.5 Å². The van der Waals surface area contributed by atoms with Gasteiger partial charge in [-0.25, -0.2) is 4.79 Å². The van der Waals surface area contributed by atoms with Crippen molar-refractivity contribution in [1.29, 1.82) is 0 Å². The lowest BCUT2D eigenvalue weighted by Gasteiger charge is -2.22. The van der Waals surface area contributed by atoms with Crippen LogP contribution in [0.3, 0.4) is 0 Å². The molecule has 0 aromatic heterocycles. The Hall–Kier alpha value is -4.07. The normalized spacial score (nSPS) is 19.3. The molecule has 8 nitrogen and oxygen atoms in total. The van der Waals surface area contributed by atoms with Crippen molar-refractivity contribution < 1.29 is 23.9 Å². The molecule has 1 unspecified atom stereocenters. The number of ether oxygens (including phenoxy) is 2. The molecular formula is C24H21N3O5. The molecule has 0 saturated carbocycles. The van der Waals surface area contributed by atoms with E-state index < -0.39 is 23.4 Å². The first-order chi connectivity index (χ1) is 15.4. The monoisotopic (exact) mass is 431 g/mol. The summed E-state index contributed by atoms with van der Waals surface area (Å²) in [6.07, 6.45) is 0.261. The van der Waals surface area contributed by atoms with Gasteiger partial charge in [0.25, 0.3) is 5.91 Å². The van der Waals surface area contributed by atoms with Crippen LogP contribution in [0.4, 0.5) is 10.5 Å². The number of nitrogens with zero attached hydrogens (tertiary/aromatic N) is 1. The lowest BCUT2D eigenvalue weighted by atomic mass is 9.92.